The average molecular weight is 805 g/mol. The van der Waals surface area contributed by atoms with Crippen molar-refractivity contribution < 1.29 is 4.42 Å². The quantitative estimate of drug-likeness (QED) is 0.153. The van der Waals surface area contributed by atoms with Gasteiger partial charge in [-0.05, 0) is 123 Å². The lowest BCUT2D eigenvalue weighted by atomic mass is 9.96. The number of fused-ring (bicyclic) bond motifs is 6. The smallest absolute Gasteiger partial charge is 0.136 e. The Kier molecular flexibility index (Phi) is 8.83. The van der Waals surface area contributed by atoms with E-state index in [0.717, 1.165) is 66.9 Å². The third-order valence-corrected chi connectivity index (χ3v) is 12.4. The average Bonchev–Trinajstić information content (AvgIpc) is 3.91. The minimum absolute atomic E-state index is 0.904. The van der Waals surface area contributed by atoms with E-state index < -0.39 is 0 Å². The molecule has 0 saturated heterocycles. The van der Waals surface area contributed by atoms with Crippen molar-refractivity contribution in [3.8, 4) is 50.2 Å². The van der Waals surface area contributed by atoms with Crippen LogP contribution in [-0.2, 0) is 0 Å². The fraction of sp³-hybridized carbons (Fsp3) is 0. The van der Waals surface area contributed by atoms with Crippen LogP contribution in [0.5, 0.6) is 0 Å². The van der Waals surface area contributed by atoms with E-state index in [1.54, 1.807) is 0 Å². The number of nitrogens with zero attached hydrogens (tertiary/aromatic N) is 2. The molecule has 0 aliphatic heterocycles. The molecule has 0 unspecified atom stereocenters. The molecule has 0 saturated carbocycles. The first-order chi connectivity index (χ1) is 31.2. The van der Waals surface area contributed by atoms with E-state index in [9.17, 15) is 0 Å². The van der Waals surface area contributed by atoms with Gasteiger partial charge in [0.15, 0.2) is 0 Å². The summed E-state index contributed by atoms with van der Waals surface area (Å²) in [6.45, 7) is 0. The Hall–Kier alpha value is -8.40. The first-order valence-corrected chi connectivity index (χ1v) is 21.5. The molecular weight excluding hydrogens is 765 g/mol. The summed E-state index contributed by atoms with van der Waals surface area (Å²) in [6.07, 6.45) is 0. The van der Waals surface area contributed by atoms with Crippen LogP contribution in [-0.4, -0.2) is 4.57 Å². The molecule has 0 spiro atoms. The minimum atomic E-state index is 0.904. The van der Waals surface area contributed by atoms with Crippen LogP contribution in [0.2, 0.25) is 0 Å². The van der Waals surface area contributed by atoms with Crippen molar-refractivity contribution in [2.45, 2.75) is 0 Å². The Morgan fingerprint density at radius 2 is 0.746 bits per heavy atom. The zero-order chi connectivity index (χ0) is 41.7. The molecule has 3 heteroatoms. The highest BCUT2D eigenvalue weighted by atomic mass is 16.3. The maximum atomic E-state index is 6.23. The highest BCUT2D eigenvalue weighted by Crippen LogP contribution is 2.41. The van der Waals surface area contributed by atoms with Gasteiger partial charge < -0.3 is 13.9 Å². The van der Waals surface area contributed by atoms with Gasteiger partial charge >= 0.3 is 0 Å². The van der Waals surface area contributed by atoms with Crippen LogP contribution in [0.3, 0.4) is 0 Å². The Balaban J connectivity index is 0.901. The molecule has 12 aromatic rings. The number of hydrogen-bond acceptors (Lipinski definition) is 2. The first kappa shape index (κ1) is 36.5. The number of aromatic nitrogens is 1. The van der Waals surface area contributed by atoms with Crippen LogP contribution in [0, 0.1) is 0 Å². The van der Waals surface area contributed by atoms with Gasteiger partial charge in [0.05, 0.1) is 11.0 Å². The molecule has 0 aliphatic rings. The summed E-state index contributed by atoms with van der Waals surface area (Å²) in [5.41, 5.74) is 18.0. The zero-order valence-corrected chi connectivity index (χ0v) is 34.4. The fourth-order valence-electron chi connectivity index (χ4n) is 9.39. The number of anilines is 3. The topological polar surface area (TPSA) is 21.3 Å². The monoisotopic (exact) mass is 804 g/mol. The van der Waals surface area contributed by atoms with E-state index >= 15 is 0 Å². The van der Waals surface area contributed by atoms with Crippen LogP contribution in [0.25, 0.3) is 93.9 Å². The lowest BCUT2D eigenvalue weighted by Crippen LogP contribution is -2.09. The van der Waals surface area contributed by atoms with Crippen molar-refractivity contribution >= 4 is 60.8 Å². The Morgan fingerprint density at radius 3 is 1.38 bits per heavy atom. The second-order valence-electron chi connectivity index (χ2n) is 16.1. The molecule has 0 atom stereocenters. The second kappa shape index (κ2) is 15.3. The van der Waals surface area contributed by atoms with Crippen molar-refractivity contribution in [2.24, 2.45) is 0 Å². The van der Waals surface area contributed by atoms with E-state index in [4.69, 9.17) is 4.42 Å². The van der Waals surface area contributed by atoms with Crippen molar-refractivity contribution in [1.29, 1.82) is 0 Å². The summed E-state index contributed by atoms with van der Waals surface area (Å²) >= 11 is 0. The van der Waals surface area contributed by atoms with Gasteiger partial charge in [-0.1, -0.05) is 164 Å². The third-order valence-electron chi connectivity index (χ3n) is 12.4. The summed E-state index contributed by atoms with van der Waals surface area (Å²) in [6, 6.07) is 87.1. The van der Waals surface area contributed by atoms with Gasteiger partial charge in [0.2, 0.25) is 0 Å². The van der Waals surface area contributed by atoms with Crippen LogP contribution in [0.1, 0.15) is 0 Å². The van der Waals surface area contributed by atoms with Gasteiger partial charge in [0.1, 0.15) is 11.2 Å². The van der Waals surface area contributed by atoms with Gasteiger partial charge in [0.25, 0.3) is 0 Å². The van der Waals surface area contributed by atoms with Gasteiger partial charge in [-0.2, -0.15) is 0 Å². The Morgan fingerprint density at radius 1 is 0.302 bits per heavy atom. The zero-order valence-electron chi connectivity index (χ0n) is 34.4. The van der Waals surface area contributed by atoms with Gasteiger partial charge in [-0.3, -0.25) is 0 Å². The highest BCUT2D eigenvalue weighted by Gasteiger charge is 2.17. The summed E-state index contributed by atoms with van der Waals surface area (Å²) < 4.78 is 8.61. The van der Waals surface area contributed by atoms with Crippen molar-refractivity contribution in [3.63, 3.8) is 0 Å². The van der Waals surface area contributed by atoms with E-state index in [2.05, 4.69) is 240 Å². The molecule has 0 aliphatic carbocycles. The van der Waals surface area contributed by atoms with Crippen molar-refractivity contribution in [2.75, 3.05) is 4.90 Å². The first-order valence-electron chi connectivity index (χ1n) is 21.5. The predicted octanol–water partition coefficient (Wildman–Crippen LogP) is 16.8. The predicted molar refractivity (Wildman–Crippen MR) is 264 cm³/mol. The molecule has 2 heterocycles. The SMILES string of the molecule is c1ccc(-c2ccc(N(c3ccc(-c4cccc(-c5cccc6oc7ccccc7c56)c4)cc3)c3ccc(-c4cccc(-n5c6ccccc6c6ccccc65)c4)cc3)cc2)cc1. The van der Waals surface area contributed by atoms with Crippen LogP contribution in [0.15, 0.2) is 247 Å². The molecule has 0 fully saturated rings. The molecule has 3 nitrogen and oxygen atoms in total. The number of hydrogen-bond donors (Lipinski definition) is 0. The number of furan rings is 1. The van der Waals surface area contributed by atoms with Crippen LogP contribution in [0.4, 0.5) is 17.1 Å². The number of para-hydroxylation sites is 3. The van der Waals surface area contributed by atoms with E-state index in [1.165, 1.54) is 44.1 Å². The van der Waals surface area contributed by atoms with E-state index in [0.29, 0.717) is 0 Å². The summed E-state index contributed by atoms with van der Waals surface area (Å²) in [4.78, 5) is 2.35. The van der Waals surface area contributed by atoms with Gasteiger partial charge in [-0.25, -0.2) is 0 Å². The Labute approximate surface area is 366 Å². The molecular formula is C60H40N2O. The lowest BCUT2D eigenvalue weighted by molar-refractivity contribution is 0.669. The second-order valence-corrected chi connectivity index (χ2v) is 16.1. The molecule has 63 heavy (non-hydrogen) atoms. The molecule has 296 valence electrons. The largest absolute Gasteiger partial charge is 0.456 e. The lowest BCUT2D eigenvalue weighted by Gasteiger charge is -2.26. The van der Waals surface area contributed by atoms with Crippen molar-refractivity contribution in [3.05, 3.63) is 243 Å². The van der Waals surface area contributed by atoms with Crippen molar-refractivity contribution in [1.82, 2.24) is 4.57 Å². The number of rotatable bonds is 8. The molecule has 0 bridgehead atoms. The van der Waals surface area contributed by atoms with Gasteiger partial charge in [0, 0.05) is 44.3 Å². The fourth-order valence-corrected chi connectivity index (χ4v) is 9.39. The third kappa shape index (κ3) is 6.46. The van der Waals surface area contributed by atoms with Crippen LogP contribution >= 0.6 is 0 Å². The molecule has 10 aromatic carbocycles. The van der Waals surface area contributed by atoms with E-state index in [-0.39, 0.29) is 0 Å². The maximum absolute atomic E-state index is 6.23. The number of benzene rings is 10. The molecule has 2 aromatic heterocycles. The van der Waals surface area contributed by atoms with Crippen LogP contribution < -0.4 is 4.90 Å². The minimum Gasteiger partial charge on any atom is -0.456 e. The maximum Gasteiger partial charge on any atom is 0.136 e. The summed E-state index contributed by atoms with van der Waals surface area (Å²) in [5.74, 6) is 0. The highest BCUT2D eigenvalue weighted by molar-refractivity contribution is 6.12. The standard InChI is InChI=1S/C60H40N2O/c1-2-13-41(14-3-1)42-27-33-48(34-28-42)61(49-35-29-43(30-36-49)45-15-10-17-47(39-45)52-22-12-26-59-60(52)55-21-6-9-25-58(55)63-59)50-37-31-44(32-38-50)46-16-11-18-51(40-46)62-56-23-7-4-19-53(56)54-20-5-8-24-57(54)62/h1-40H. The van der Waals surface area contributed by atoms with E-state index in [1.807, 2.05) is 12.1 Å². The molecule has 0 radical (unpaired) electrons. The van der Waals surface area contributed by atoms with Gasteiger partial charge in [-0.15, -0.1) is 0 Å². The molecule has 12 rings (SSSR count). The summed E-state index contributed by atoms with van der Waals surface area (Å²) in [7, 11) is 0. The molecule has 0 amide bonds. The normalized spacial score (nSPS) is 11.5. The summed E-state index contributed by atoms with van der Waals surface area (Å²) in [5, 5.41) is 4.81. The molecule has 0 N–H and O–H groups in total. The Bertz CT molecular complexity index is 3550.